The van der Waals surface area contributed by atoms with Crippen LogP contribution in [0.4, 0.5) is 0 Å². The van der Waals surface area contributed by atoms with E-state index in [1.807, 2.05) is 53.1 Å². The molecule has 1 aliphatic rings. The van der Waals surface area contributed by atoms with E-state index in [1.54, 1.807) is 0 Å². The van der Waals surface area contributed by atoms with Gasteiger partial charge in [-0.1, -0.05) is 49.1 Å². The van der Waals surface area contributed by atoms with Crippen molar-refractivity contribution in [2.45, 2.75) is 44.1 Å². The van der Waals surface area contributed by atoms with Gasteiger partial charge in [-0.2, -0.15) is 0 Å². The number of aromatic nitrogens is 3. The number of carbonyl (C=O) groups excluding carboxylic acids is 1. The highest BCUT2D eigenvalue weighted by Gasteiger charge is 2.41. The average molecular weight is 369 g/mol. The Morgan fingerprint density at radius 2 is 1.96 bits per heavy atom. The first-order valence-electron chi connectivity index (χ1n) is 9.02. The van der Waals surface area contributed by atoms with Crippen LogP contribution in [0.25, 0.3) is 5.65 Å². The quantitative estimate of drug-likeness (QED) is 0.759. The summed E-state index contributed by atoms with van der Waals surface area (Å²) in [6, 6.07) is 13.5. The molecule has 1 aliphatic carbocycles. The Bertz CT molecular complexity index is 930. The molecule has 4 rings (SSSR count). The average Bonchev–Trinajstić information content (AvgIpc) is 3.10. The molecule has 6 heteroatoms. The van der Waals surface area contributed by atoms with Gasteiger partial charge in [-0.25, -0.2) is 0 Å². The van der Waals surface area contributed by atoms with Crippen molar-refractivity contribution in [2.75, 3.05) is 0 Å². The summed E-state index contributed by atoms with van der Waals surface area (Å²) in [4.78, 5) is 13.3. The number of fused-ring (bicyclic) bond motifs is 1. The molecule has 0 saturated heterocycles. The smallest absolute Gasteiger partial charge is 0.231 e. The third-order valence-corrected chi connectivity index (χ3v) is 5.55. The van der Waals surface area contributed by atoms with Crippen LogP contribution in [0.3, 0.4) is 0 Å². The monoisotopic (exact) mass is 368 g/mol. The molecule has 2 heterocycles. The van der Waals surface area contributed by atoms with Crippen LogP contribution in [0.15, 0.2) is 48.7 Å². The number of nitrogens with one attached hydrogen (secondary N) is 1. The molecule has 0 atom stereocenters. The van der Waals surface area contributed by atoms with Crippen LogP contribution in [0.2, 0.25) is 5.02 Å². The van der Waals surface area contributed by atoms with Gasteiger partial charge < -0.3 is 5.32 Å². The highest BCUT2D eigenvalue weighted by molar-refractivity contribution is 6.30. The molecule has 0 spiro atoms. The number of pyridine rings is 1. The second-order valence-electron chi connectivity index (χ2n) is 6.88. The lowest BCUT2D eigenvalue weighted by Gasteiger charge is -2.36. The van der Waals surface area contributed by atoms with E-state index in [0.29, 0.717) is 11.6 Å². The number of rotatable bonds is 4. The highest BCUT2D eigenvalue weighted by atomic mass is 35.5. The lowest BCUT2D eigenvalue weighted by atomic mass is 9.68. The van der Waals surface area contributed by atoms with Crippen molar-refractivity contribution in [3.8, 4) is 0 Å². The van der Waals surface area contributed by atoms with Crippen molar-refractivity contribution >= 4 is 23.2 Å². The topological polar surface area (TPSA) is 59.3 Å². The number of hydrogen-bond acceptors (Lipinski definition) is 3. The van der Waals surface area contributed by atoms with Crippen LogP contribution in [0, 0.1) is 0 Å². The van der Waals surface area contributed by atoms with E-state index in [4.69, 9.17) is 11.6 Å². The molecule has 1 saturated carbocycles. The minimum absolute atomic E-state index is 0.0483. The Morgan fingerprint density at radius 1 is 1.12 bits per heavy atom. The lowest BCUT2D eigenvalue weighted by Crippen LogP contribution is -2.45. The van der Waals surface area contributed by atoms with E-state index in [9.17, 15) is 4.79 Å². The van der Waals surface area contributed by atoms with Crippen LogP contribution < -0.4 is 5.32 Å². The molecule has 1 fully saturated rings. The van der Waals surface area contributed by atoms with Crippen molar-refractivity contribution < 1.29 is 4.79 Å². The minimum atomic E-state index is -0.510. The van der Waals surface area contributed by atoms with Crippen LogP contribution in [0.1, 0.15) is 43.5 Å². The number of halogens is 1. The summed E-state index contributed by atoms with van der Waals surface area (Å²) < 4.78 is 1.90. The van der Waals surface area contributed by atoms with Gasteiger partial charge in [-0.05, 0) is 42.7 Å². The molecule has 134 valence electrons. The summed E-state index contributed by atoms with van der Waals surface area (Å²) in [5, 5.41) is 12.1. The van der Waals surface area contributed by atoms with Gasteiger partial charge in [0.05, 0.1) is 12.0 Å². The van der Waals surface area contributed by atoms with Crippen LogP contribution in [0.5, 0.6) is 0 Å². The zero-order chi connectivity index (χ0) is 18.0. The van der Waals surface area contributed by atoms with Crippen molar-refractivity contribution in [1.82, 2.24) is 19.9 Å². The van der Waals surface area contributed by atoms with Crippen molar-refractivity contribution in [3.05, 3.63) is 65.1 Å². The summed E-state index contributed by atoms with van der Waals surface area (Å²) in [6.07, 6.45) is 6.87. The minimum Gasteiger partial charge on any atom is -0.348 e. The molecular weight excluding hydrogens is 348 g/mol. The molecule has 5 nitrogen and oxygen atoms in total. The first kappa shape index (κ1) is 17.0. The zero-order valence-electron chi connectivity index (χ0n) is 14.5. The summed E-state index contributed by atoms with van der Waals surface area (Å²) in [7, 11) is 0. The predicted molar refractivity (Wildman–Crippen MR) is 101 cm³/mol. The Labute approximate surface area is 157 Å². The third-order valence-electron chi connectivity index (χ3n) is 5.31. The number of benzene rings is 1. The lowest BCUT2D eigenvalue weighted by molar-refractivity contribution is -0.128. The Kier molecular flexibility index (Phi) is 4.64. The molecule has 0 unspecified atom stereocenters. The van der Waals surface area contributed by atoms with Gasteiger partial charge in [0.1, 0.15) is 0 Å². The normalized spacial score (nSPS) is 16.5. The fourth-order valence-electron chi connectivity index (χ4n) is 3.93. The molecule has 1 amide bonds. The fraction of sp³-hybridized carbons (Fsp3) is 0.350. The van der Waals surface area contributed by atoms with Crippen molar-refractivity contribution in [3.63, 3.8) is 0 Å². The van der Waals surface area contributed by atoms with Gasteiger partial charge in [0, 0.05) is 11.2 Å². The number of hydrogen-bond donors (Lipinski definition) is 1. The molecule has 2 aromatic heterocycles. The maximum atomic E-state index is 13.3. The van der Waals surface area contributed by atoms with Gasteiger partial charge in [0.15, 0.2) is 11.5 Å². The molecule has 26 heavy (non-hydrogen) atoms. The first-order chi connectivity index (χ1) is 12.7. The summed E-state index contributed by atoms with van der Waals surface area (Å²) in [5.41, 5.74) is 1.27. The fourth-order valence-corrected chi connectivity index (χ4v) is 4.12. The number of nitrogens with zero attached hydrogens (tertiary/aromatic N) is 3. The van der Waals surface area contributed by atoms with E-state index in [0.717, 1.165) is 42.7 Å². The largest absolute Gasteiger partial charge is 0.348 e. The molecule has 1 aromatic carbocycles. The molecular formula is C20H21ClN4O. The molecule has 1 N–H and O–H groups in total. The first-order valence-corrected chi connectivity index (χ1v) is 9.40. The predicted octanol–water partition coefficient (Wildman–Crippen LogP) is 3.90. The number of amides is 1. The van der Waals surface area contributed by atoms with Gasteiger partial charge in [-0.3, -0.25) is 9.20 Å². The van der Waals surface area contributed by atoms with E-state index in [2.05, 4.69) is 15.5 Å². The summed E-state index contributed by atoms with van der Waals surface area (Å²) in [6.45, 7) is 0.354. The Hall–Kier alpha value is -2.40. The van der Waals surface area contributed by atoms with Crippen LogP contribution >= 0.6 is 11.6 Å². The van der Waals surface area contributed by atoms with E-state index < -0.39 is 5.41 Å². The van der Waals surface area contributed by atoms with Gasteiger partial charge in [-0.15, -0.1) is 10.2 Å². The Morgan fingerprint density at radius 3 is 2.77 bits per heavy atom. The molecule has 0 radical (unpaired) electrons. The molecule has 3 aromatic rings. The maximum absolute atomic E-state index is 13.3. The van der Waals surface area contributed by atoms with Crippen LogP contribution in [-0.2, 0) is 16.8 Å². The van der Waals surface area contributed by atoms with Gasteiger partial charge in [0.2, 0.25) is 5.91 Å². The van der Waals surface area contributed by atoms with Crippen LogP contribution in [-0.4, -0.2) is 20.5 Å². The Balaban J connectivity index is 1.59. The van der Waals surface area contributed by atoms with E-state index >= 15 is 0 Å². The van der Waals surface area contributed by atoms with E-state index in [1.165, 1.54) is 6.42 Å². The third kappa shape index (κ3) is 3.07. The second kappa shape index (κ2) is 7.08. The van der Waals surface area contributed by atoms with Crippen molar-refractivity contribution in [2.24, 2.45) is 0 Å². The zero-order valence-corrected chi connectivity index (χ0v) is 15.2. The van der Waals surface area contributed by atoms with E-state index in [-0.39, 0.29) is 5.91 Å². The highest BCUT2D eigenvalue weighted by Crippen LogP contribution is 2.40. The second-order valence-corrected chi connectivity index (χ2v) is 7.32. The summed E-state index contributed by atoms with van der Waals surface area (Å²) in [5.74, 6) is 0.776. The van der Waals surface area contributed by atoms with Gasteiger partial charge in [0.25, 0.3) is 0 Å². The summed E-state index contributed by atoms with van der Waals surface area (Å²) >= 11 is 6.20. The SMILES string of the molecule is O=C(NCc1nnc2ccccn12)C1(c2cccc(Cl)c2)CCCCC1. The van der Waals surface area contributed by atoms with Gasteiger partial charge >= 0.3 is 0 Å². The molecule has 0 aliphatic heterocycles. The molecule has 0 bridgehead atoms. The number of carbonyl (C=O) groups is 1. The maximum Gasteiger partial charge on any atom is 0.231 e. The van der Waals surface area contributed by atoms with Crippen molar-refractivity contribution in [1.29, 1.82) is 0 Å². The standard InChI is InChI=1S/C20H21ClN4O/c21-16-8-6-7-15(13-16)20(10-3-1-4-11-20)19(26)22-14-18-24-23-17-9-2-5-12-25(17)18/h2,5-9,12-13H,1,3-4,10-11,14H2,(H,22,26).